The second-order valence-corrected chi connectivity index (χ2v) is 9.28. The van der Waals surface area contributed by atoms with Gasteiger partial charge in [0.05, 0.1) is 12.7 Å². The predicted octanol–water partition coefficient (Wildman–Crippen LogP) is 5.21. The topological polar surface area (TPSA) is 12.5 Å². The molecule has 0 aromatic heterocycles. The third-order valence-electron chi connectivity index (χ3n) is 7.49. The van der Waals surface area contributed by atoms with E-state index in [1.165, 1.54) is 12.0 Å². The van der Waals surface area contributed by atoms with E-state index in [4.69, 9.17) is 4.74 Å². The molecule has 0 saturated carbocycles. The third kappa shape index (κ3) is 3.23. The molecule has 1 aliphatic carbocycles. The Morgan fingerprint density at radius 1 is 1.04 bits per heavy atom. The second kappa shape index (κ2) is 7.07. The van der Waals surface area contributed by atoms with Crippen molar-refractivity contribution in [3.63, 3.8) is 0 Å². The molecule has 144 valence electrons. The van der Waals surface area contributed by atoms with Crippen LogP contribution in [0.3, 0.4) is 0 Å². The predicted molar refractivity (Wildman–Crippen MR) is 112 cm³/mol. The van der Waals surface area contributed by atoms with Crippen LogP contribution in [0.5, 0.6) is 0 Å². The minimum Gasteiger partial charge on any atom is -0.373 e. The minimum absolute atomic E-state index is 0.238. The molecule has 0 unspecified atom stereocenters. The van der Waals surface area contributed by atoms with Crippen LogP contribution >= 0.6 is 0 Å². The van der Waals surface area contributed by atoms with E-state index in [0.29, 0.717) is 12.6 Å². The van der Waals surface area contributed by atoms with E-state index in [0.717, 1.165) is 19.5 Å². The number of rotatable bonds is 5. The van der Waals surface area contributed by atoms with Crippen LogP contribution < -0.4 is 0 Å². The van der Waals surface area contributed by atoms with Gasteiger partial charge in [-0.15, -0.1) is 0 Å². The zero-order valence-electron chi connectivity index (χ0n) is 17.2. The Labute approximate surface area is 164 Å². The van der Waals surface area contributed by atoms with E-state index in [-0.39, 0.29) is 16.9 Å². The number of piperidine rings is 1. The van der Waals surface area contributed by atoms with Crippen LogP contribution in [-0.4, -0.2) is 30.1 Å². The maximum atomic E-state index is 6.19. The summed E-state index contributed by atoms with van der Waals surface area (Å²) >= 11 is 0. The van der Waals surface area contributed by atoms with Gasteiger partial charge >= 0.3 is 0 Å². The van der Waals surface area contributed by atoms with Crippen LogP contribution in [0.25, 0.3) is 0 Å². The number of nitrogens with zero attached hydrogens (tertiary/aromatic N) is 1. The summed E-state index contributed by atoms with van der Waals surface area (Å²) in [5.41, 5.74) is 4.91. The van der Waals surface area contributed by atoms with Gasteiger partial charge in [-0.05, 0) is 48.4 Å². The fourth-order valence-electron chi connectivity index (χ4n) is 5.39. The van der Waals surface area contributed by atoms with Crippen molar-refractivity contribution in [3.05, 3.63) is 71.3 Å². The summed E-state index contributed by atoms with van der Waals surface area (Å²) in [6.07, 6.45) is 2.62. The van der Waals surface area contributed by atoms with Gasteiger partial charge < -0.3 is 4.74 Å². The van der Waals surface area contributed by atoms with Crippen LogP contribution in [-0.2, 0) is 23.2 Å². The van der Waals surface area contributed by atoms with Gasteiger partial charge in [0, 0.05) is 18.0 Å². The lowest BCUT2D eigenvalue weighted by atomic mass is 9.51. The molecule has 2 bridgehead atoms. The van der Waals surface area contributed by atoms with Gasteiger partial charge in [0.2, 0.25) is 0 Å². The van der Waals surface area contributed by atoms with E-state index in [9.17, 15) is 0 Å². The smallest absolute Gasteiger partial charge is 0.0721 e. The molecule has 1 fully saturated rings. The summed E-state index contributed by atoms with van der Waals surface area (Å²) in [5, 5.41) is 0. The zero-order valence-corrected chi connectivity index (χ0v) is 17.2. The number of hydrogen-bond donors (Lipinski definition) is 0. The Morgan fingerprint density at radius 3 is 2.52 bits per heavy atom. The first-order valence-corrected chi connectivity index (χ1v) is 10.4. The molecule has 0 radical (unpaired) electrons. The molecule has 0 amide bonds. The number of likely N-dealkylation sites (tertiary alicyclic amines) is 1. The molecule has 2 aromatic rings. The summed E-state index contributed by atoms with van der Waals surface area (Å²) < 4.78 is 6.19. The average Bonchev–Trinajstić information content (AvgIpc) is 2.66. The van der Waals surface area contributed by atoms with Crippen molar-refractivity contribution in [2.75, 3.05) is 13.1 Å². The molecule has 0 N–H and O–H groups in total. The number of benzene rings is 2. The highest BCUT2D eigenvalue weighted by atomic mass is 16.5. The largest absolute Gasteiger partial charge is 0.373 e. The first kappa shape index (κ1) is 18.7. The van der Waals surface area contributed by atoms with Crippen molar-refractivity contribution in [2.24, 2.45) is 5.41 Å². The standard InChI is InChI=1S/C25H33NO/c1-19(27-18-20-10-6-5-7-11-20)17-26-15-14-25(4)22-13-9-8-12-21(22)16-23(26)24(25,2)3/h5-13,19,23H,14-18H2,1-4H3/t19-,23+,25-/m0/s1. The van der Waals surface area contributed by atoms with Crippen LogP contribution in [0.2, 0.25) is 0 Å². The molecule has 2 aliphatic rings. The van der Waals surface area contributed by atoms with E-state index < -0.39 is 0 Å². The van der Waals surface area contributed by atoms with Gasteiger partial charge in [-0.3, -0.25) is 4.90 Å². The molecule has 2 aromatic carbocycles. The molecule has 0 spiro atoms. The molecule has 27 heavy (non-hydrogen) atoms. The van der Waals surface area contributed by atoms with Gasteiger partial charge in [0.1, 0.15) is 0 Å². The Balaban J connectivity index is 1.48. The highest BCUT2D eigenvalue weighted by Gasteiger charge is 2.55. The van der Waals surface area contributed by atoms with E-state index in [1.807, 2.05) is 0 Å². The van der Waals surface area contributed by atoms with Gasteiger partial charge in [-0.1, -0.05) is 75.4 Å². The molecule has 3 atom stereocenters. The lowest BCUT2D eigenvalue weighted by Gasteiger charge is -2.61. The third-order valence-corrected chi connectivity index (χ3v) is 7.49. The maximum absolute atomic E-state index is 6.19. The van der Waals surface area contributed by atoms with Crippen LogP contribution in [0.4, 0.5) is 0 Å². The Kier molecular flexibility index (Phi) is 4.90. The van der Waals surface area contributed by atoms with Crippen molar-refractivity contribution in [2.45, 2.75) is 64.7 Å². The van der Waals surface area contributed by atoms with Crippen LogP contribution in [0.1, 0.15) is 50.8 Å². The summed E-state index contributed by atoms with van der Waals surface area (Å²) in [6, 6.07) is 20.2. The Hall–Kier alpha value is -1.64. The van der Waals surface area contributed by atoms with Gasteiger partial charge in [0.15, 0.2) is 0 Å². The summed E-state index contributed by atoms with van der Waals surface area (Å²) in [7, 11) is 0. The van der Waals surface area contributed by atoms with Crippen molar-refractivity contribution in [3.8, 4) is 0 Å². The van der Waals surface area contributed by atoms with Crippen molar-refractivity contribution in [1.82, 2.24) is 4.90 Å². The van der Waals surface area contributed by atoms with E-state index in [2.05, 4.69) is 87.2 Å². The molecule has 1 heterocycles. The maximum Gasteiger partial charge on any atom is 0.0721 e. The SMILES string of the molecule is C[C@@H](CN1CC[C@@]2(C)c3ccccc3C[C@@H]1C2(C)C)OCc1ccccc1. The normalized spacial score (nSPS) is 27.8. The first-order valence-electron chi connectivity index (χ1n) is 10.4. The lowest BCUT2D eigenvalue weighted by molar-refractivity contribution is -0.0648. The van der Waals surface area contributed by atoms with Gasteiger partial charge in [-0.2, -0.15) is 0 Å². The van der Waals surface area contributed by atoms with Gasteiger partial charge in [0.25, 0.3) is 0 Å². The number of ether oxygens (including phenoxy) is 1. The lowest BCUT2D eigenvalue weighted by Crippen LogP contribution is -2.64. The Bertz CT molecular complexity index is 784. The fraction of sp³-hybridized carbons (Fsp3) is 0.520. The molecule has 2 nitrogen and oxygen atoms in total. The van der Waals surface area contributed by atoms with Crippen molar-refractivity contribution >= 4 is 0 Å². The van der Waals surface area contributed by atoms with Crippen LogP contribution in [0, 0.1) is 5.41 Å². The fourth-order valence-corrected chi connectivity index (χ4v) is 5.39. The highest BCUT2D eigenvalue weighted by Crippen LogP contribution is 2.55. The Morgan fingerprint density at radius 2 is 1.74 bits per heavy atom. The summed E-state index contributed by atoms with van der Waals surface area (Å²) in [6.45, 7) is 12.6. The summed E-state index contributed by atoms with van der Waals surface area (Å²) in [4.78, 5) is 2.70. The number of fused-ring (bicyclic) bond motifs is 4. The first-order chi connectivity index (χ1) is 12.9. The molecular weight excluding hydrogens is 330 g/mol. The number of hydrogen-bond acceptors (Lipinski definition) is 2. The molecule has 1 saturated heterocycles. The quantitative estimate of drug-likeness (QED) is 0.723. The van der Waals surface area contributed by atoms with Crippen molar-refractivity contribution in [1.29, 1.82) is 0 Å². The molecule has 4 rings (SSSR count). The monoisotopic (exact) mass is 363 g/mol. The van der Waals surface area contributed by atoms with Crippen LogP contribution in [0.15, 0.2) is 54.6 Å². The minimum atomic E-state index is 0.238. The highest BCUT2D eigenvalue weighted by molar-refractivity contribution is 5.41. The second-order valence-electron chi connectivity index (χ2n) is 9.28. The average molecular weight is 364 g/mol. The van der Waals surface area contributed by atoms with E-state index >= 15 is 0 Å². The summed E-state index contributed by atoms with van der Waals surface area (Å²) in [5.74, 6) is 0. The molecule has 2 heteroatoms. The van der Waals surface area contributed by atoms with Crippen molar-refractivity contribution < 1.29 is 4.74 Å². The molecule has 1 aliphatic heterocycles. The zero-order chi connectivity index (χ0) is 19.1. The van der Waals surface area contributed by atoms with E-state index in [1.54, 1.807) is 11.1 Å². The van der Waals surface area contributed by atoms with Gasteiger partial charge in [-0.25, -0.2) is 0 Å². The molecular formula is C25H33NO.